The molecule has 0 spiro atoms. The molecule has 2 amide bonds. The molecule has 1 atom stereocenters. The van der Waals surface area contributed by atoms with Crippen molar-refractivity contribution in [2.24, 2.45) is 5.92 Å². The minimum atomic E-state index is -0.881. The van der Waals surface area contributed by atoms with Crippen molar-refractivity contribution in [2.75, 3.05) is 11.9 Å². The largest absolute Gasteiger partial charge is 0.454 e. The summed E-state index contributed by atoms with van der Waals surface area (Å²) >= 11 is 11.8. The SMILES string of the molecule is Cc1ccc(Cl)cc1NC(=O)COC(=O)[C@H](CC(C)C)NC(=O)c1ccc(Cl)cc1. The first-order chi connectivity index (χ1) is 14.2. The third-order valence-electron chi connectivity index (χ3n) is 4.22. The molecule has 0 aromatic heterocycles. The van der Waals surface area contributed by atoms with E-state index in [0.717, 1.165) is 5.56 Å². The molecule has 2 rings (SSSR count). The predicted octanol–water partition coefficient (Wildman–Crippen LogP) is 4.63. The number of nitrogens with one attached hydrogen (secondary N) is 2. The molecule has 2 aromatic carbocycles. The molecular formula is C22H24Cl2N2O4. The lowest BCUT2D eigenvalue weighted by atomic mass is 10.0. The number of rotatable bonds is 8. The molecule has 0 fully saturated rings. The van der Waals surface area contributed by atoms with Gasteiger partial charge < -0.3 is 15.4 Å². The van der Waals surface area contributed by atoms with Crippen molar-refractivity contribution >= 4 is 46.7 Å². The zero-order chi connectivity index (χ0) is 22.3. The van der Waals surface area contributed by atoms with Crippen molar-refractivity contribution in [3.05, 3.63) is 63.6 Å². The Morgan fingerprint density at radius 1 is 1.00 bits per heavy atom. The first-order valence-corrected chi connectivity index (χ1v) is 10.2. The van der Waals surface area contributed by atoms with Gasteiger partial charge in [-0.05, 0) is 61.2 Å². The van der Waals surface area contributed by atoms with Gasteiger partial charge in [0.2, 0.25) is 0 Å². The van der Waals surface area contributed by atoms with Crippen LogP contribution in [-0.2, 0) is 14.3 Å². The van der Waals surface area contributed by atoms with E-state index in [0.29, 0.717) is 27.7 Å². The molecule has 0 aliphatic carbocycles. The van der Waals surface area contributed by atoms with Crippen molar-refractivity contribution < 1.29 is 19.1 Å². The molecule has 0 unspecified atom stereocenters. The first-order valence-electron chi connectivity index (χ1n) is 9.44. The molecule has 0 saturated carbocycles. The van der Waals surface area contributed by atoms with Gasteiger partial charge in [-0.15, -0.1) is 0 Å². The van der Waals surface area contributed by atoms with Crippen LogP contribution in [0.2, 0.25) is 10.0 Å². The number of carbonyl (C=O) groups is 3. The standard InChI is InChI=1S/C22H24Cl2N2O4/c1-13(2)10-19(26-21(28)15-5-8-16(23)9-6-15)22(29)30-12-20(27)25-18-11-17(24)7-4-14(18)3/h4-9,11,13,19H,10,12H2,1-3H3,(H,25,27)(H,26,28)/t19-/m0/s1. The molecule has 6 nitrogen and oxygen atoms in total. The molecule has 0 aliphatic rings. The number of hydrogen-bond donors (Lipinski definition) is 2. The van der Waals surface area contributed by atoms with Gasteiger partial charge in [-0.2, -0.15) is 0 Å². The Labute approximate surface area is 185 Å². The third kappa shape index (κ3) is 7.35. The molecule has 2 aromatic rings. The van der Waals surface area contributed by atoms with Gasteiger partial charge in [0, 0.05) is 21.3 Å². The van der Waals surface area contributed by atoms with E-state index < -0.39 is 30.4 Å². The van der Waals surface area contributed by atoms with E-state index in [1.54, 1.807) is 42.5 Å². The van der Waals surface area contributed by atoms with Gasteiger partial charge in [-0.1, -0.05) is 43.1 Å². The molecule has 8 heteroatoms. The van der Waals surface area contributed by atoms with E-state index in [9.17, 15) is 14.4 Å². The van der Waals surface area contributed by atoms with E-state index in [-0.39, 0.29) is 5.92 Å². The van der Waals surface area contributed by atoms with Crippen LogP contribution in [0.4, 0.5) is 5.69 Å². The van der Waals surface area contributed by atoms with Crippen molar-refractivity contribution in [2.45, 2.75) is 33.2 Å². The lowest BCUT2D eigenvalue weighted by Gasteiger charge is -2.19. The smallest absolute Gasteiger partial charge is 0.329 e. The van der Waals surface area contributed by atoms with Gasteiger partial charge in [0.25, 0.3) is 11.8 Å². The zero-order valence-corrected chi connectivity index (χ0v) is 18.5. The van der Waals surface area contributed by atoms with Crippen LogP contribution in [0.25, 0.3) is 0 Å². The Bertz CT molecular complexity index is 914. The minimum Gasteiger partial charge on any atom is -0.454 e. The number of hydrogen-bond acceptors (Lipinski definition) is 4. The van der Waals surface area contributed by atoms with Crippen molar-refractivity contribution in [1.29, 1.82) is 0 Å². The summed E-state index contributed by atoms with van der Waals surface area (Å²) in [4.78, 5) is 37.1. The van der Waals surface area contributed by atoms with Gasteiger partial charge in [-0.25, -0.2) is 4.79 Å². The second-order valence-corrected chi connectivity index (χ2v) is 8.15. The summed E-state index contributed by atoms with van der Waals surface area (Å²) in [5.74, 6) is -1.48. The summed E-state index contributed by atoms with van der Waals surface area (Å²) < 4.78 is 5.15. The van der Waals surface area contributed by atoms with Crippen LogP contribution in [0.5, 0.6) is 0 Å². The van der Waals surface area contributed by atoms with Gasteiger partial charge in [0.05, 0.1) is 0 Å². The summed E-state index contributed by atoms with van der Waals surface area (Å²) in [6, 6.07) is 10.5. The summed E-state index contributed by atoms with van der Waals surface area (Å²) in [6.45, 7) is 5.19. The fourth-order valence-corrected chi connectivity index (χ4v) is 2.98. The van der Waals surface area contributed by atoms with Crippen LogP contribution in [0, 0.1) is 12.8 Å². The second-order valence-electron chi connectivity index (χ2n) is 7.28. The van der Waals surface area contributed by atoms with Gasteiger partial charge >= 0.3 is 5.97 Å². The van der Waals surface area contributed by atoms with Crippen LogP contribution in [0.15, 0.2) is 42.5 Å². The number of carbonyl (C=O) groups excluding carboxylic acids is 3. The molecule has 160 valence electrons. The highest BCUT2D eigenvalue weighted by Gasteiger charge is 2.24. The monoisotopic (exact) mass is 450 g/mol. The number of esters is 1. The van der Waals surface area contributed by atoms with Gasteiger partial charge in [-0.3, -0.25) is 9.59 Å². The van der Waals surface area contributed by atoms with Crippen LogP contribution in [0.1, 0.15) is 36.2 Å². The summed E-state index contributed by atoms with van der Waals surface area (Å²) in [7, 11) is 0. The summed E-state index contributed by atoms with van der Waals surface area (Å²) in [5, 5.41) is 6.31. The fraction of sp³-hybridized carbons (Fsp3) is 0.318. The second kappa shape index (κ2) is 11.0. The Morgan fingerprint density at radius 3 is 2.27 bits per heavy atom. The third-order valence-corrected chi connectivity index (χ3v) is 4.71. The van der Waals surface area contributed by atoms with E-state index in [4.69, 9.17) is 27.9 Å². The first kappa shape index (κ1) is 23.7. The molecule has 0 saturated heterocycles. The fourth-order valence-electron chi connectivity index (χ4n) is 2.68. The van der Waals surface area contributed by atoms with Crippen LogP contribution >= 0.6 is 23.2 Å². The molecular weight excluding hydrogens is 427 g/mol. The van der Waals surface area contributed by atoms with E-state index in [2.05, 4.69) is 10.6 Å². The van der Waals surface area contributed by atoms with E-state index in [1.807, 2.05) is 20.8 Å². The maximum Gasteiger partial charge on any atom is 0.329 e. The summed E-state index contributed by atoms with van der Waals surface area (Å²) in [6.07, 6.45) is 0.368. The number of aryl methyl sites for hydroxylation is 1. The highest BCUT2D eigenvalue weighted by Crippen LogP contribution is 2.20. The van der Waals surface area contributed by atoms with E-state index in [1.165, 1.54) is 0 Å². The molecule has 0 bridgehead atoms. The van der Waals surface area contributed by atoms with Crippen molar-refractivity contribution in [3.8, 4) is 0 Å². The van der Waals surface area contributed by atoms with Crippen molar-refractivity contribution in [1.82, 2.24) is 5.32 Å². The average molecular weight is 451 g/mol. The highest BCUT2D eigenvalue weighted by molar-refractivity contribution is 6.31. The highest BCUT2D eigenvalue weighted by atomic mass is 35.5. The molecule has 0 heterocycles. The van der Waals surface area contributed by atoms with Crippen LogP contribution in [-0.4, -0.2) is 30.4 Å². The minimum absolute atomic E-state index is 0.121. The van der Waals surface area contributed by atoms with E-state index >= 15 is 0 Å². The van der Waals surface area contributed by atoms with Crippen LogP contribution in [0.3, 0.4) is 0 Å². The quantitative estimate of drug-likeness (QED) is 0.574. The number of halogens is 2. The number of anilines is 1. The van der Waals surface area contributed by atoms with Gasteiger partial charge in [0.1, 0.15) is 6.04 Å². The normalized spacial score (nSPS) is 11.7. The van der Waals surface area contributed by atoms with Gasteiger partial charge in [0.15, 0.2) is 6.61 Å². The molecule has 30 heavy (non-hydrogen) atoms. The number of amides is 2. The van der Waals surface area contributed by atoms with Crippen LogP contribution < -0.4 is 10.6 Å². The Kier molecular flexibility index (Phi) is 8.69. The predicted molar refractivity (Wildman–Crippen MR) is 118 cm³/mol. The number of benzene rings is 2. The topological polar surface area (TPSA) is 84.5 Å². The Balaban J connectivity index is 1.97. The molecule has 0 radical (unpaired) electrons. The Morgan fingerprint density at radius 2 is 1.63 bits per heavy atom. The zero-order valence-electron chi connectivity index (χ0n) is 17.0. The number of ether oxygens (including phenoxy) is 1. The molecule has 0 aliphatic heterocycles. The molecule has 2 N–H and O–H groups in total. The maximum absolute atomic E-state index is 12.5. The van der Waals surface area contributed by atoms with Crippen molar-refractivity contribution in [3.63, 3.8) is 0 Å². The summed E-state index contributed by atoms with van der Waals surface area (Å²) in [5.41, 5.74) is 1.74. The Hall–Kier alpha value is -2.57. The lowest BCUT2D eigenvalue weighted by molar-refractivity contribution is -0.149. The maximum atomic E-state index is 12.5. The lowest BCUT2D eigenvalue weighted by Crippen LogP contribution is -2.43. The average Bonchev–Trinajstić information content (AvgIpc) is 2.68.